The number of anilines is 1. The molecule has 0 radical (unpaired) electrons. The monoisotopic (exact) mass is 416 g/mol. The normalized spacial score (nSPS) is 16.2. The van der Waals surface area contributed by atoms with Crippen molar-refractivity contribution < 1.29 is 22.8 Å². The zero-order valence-corrected chi connectivity index (χ0v) is 15.4. The second kappa shape index (κ2) is 7.93. The van der Waals surface area contributed by atoms with Crippen molar-refractivity contribution in [2.75, 3.05) is 11.4 Å². The molecule has 30 heavy (non-hydrogen) atoms. The van der Waals surface area contributed by atoms with E-state index in [-0.39, 0.29) is 42.8 Å². The molecular weight excluding hydrogens is 401 g/mol. The van der Waals surface area contributed by atoms with Gasteiger partial charge in [-0.05, 0) is 46.8 Å². The number of nitrogens with zero attached hydrogens (tertiary/aromatic N) is 5. The van der Waals surface area contributed by atoms with Crippen molar-refractivity contribution in [1.82, 2.24) is 25.5 Å². The topological polar surface area (TPSA) is 93.0 Å². The molecule has 11 heteroatoms. The number of hydrogen-bond donors (Lipinski definition) is 1. The predicted molar refractivity (Wildman–Crippen MR) is 97.8 cm³/mol. The van der Waals surface area contributed by atoms with Crippen LogP contribution < -0.4 is 10.2 Å². The highest BCUT2D eigenvalue weighted by atomic mass is 19.2. The van der Waals surface area contributed by atoms with Crippen LogP contribution in [0.5, 0.6) is 0 Å². The number of benzene rings is 2. The average molecular weight is 416 g/mol. The van der Waals surface area contributed by atoms with Crippen LogP contribution in [0.4, 0.5) is 18.9 Å². The number of aromatic nitrogens is 4. The minimum atomic E-state index is -1.05. The van der Waals surface area contributed by atoms with E-state index in [1.54, 1.807) is 0 Å². The zero-order chi connectivity index (χ0) is 21.3. The van der Waals surface area contributed by atoms with Crippen LogP contribution in [0.15, 0.2) is 42.5 Å². The molecule has 2 amide bonds. The minimum Gasteiger partial charge on any atom is -0.348 e. The van der Waals surface area contributed by atoms with Crippen molar-refractivity contribution in [3.8, 4) is 5.69 Å². The van der Waals surface area contributed by atoms with Gasteiger partial charge in [-0.15, -0.1) is 5.10 Å². The third kappa shape index (κ3) is 3.86. The molecule has 1 fully saturated rings. The summed E-state index contributed by atoms with van der Waals surface area (Å²) in [6.07, 6.45) is 0.0112. The van der Waals surface area contributed by atoms with E-state index >= 15 is 0 Å². The van der Waals surface area contributed by atoms with Gasteiger partial charge in [-0.25, -0.2) is 13.2 Å². The molecule has 0 saturated carbocycles. The van der Waals surface area contributed by atoms with E-state index in [0.717, 1.165) is 12.1 Å². The number of nitrogens with one attached hydrogen (secondary N) is 1. The van der Waals surface area contributed by atoms with Crippen molar-refractivity contribution in [3.63, 3.8) is 0 Å². The number of halogens is 3. The summed E-state index contributed by atoms with van der Waals surface area (Å²) in [4.78, 5) is 26.2. The average Bonchev–Trinajstić information content (AvgIpc) is 3.35. The number of carbonyl (C=O) groups is 2. The van der Waals surface area contributed by atoms with E-state index in [1.807, 2.05) is 0 Å². The lowest BCUT2D eigenvalue weighted by atomic mass is 10.1. The van der Waals surface area contributed by atoms with E-state index in [0.29, 0.717) is 5.69 Å². The van der Waals surface area contributed by atoms with Gasteiger partial charge < -0.3 is 10.2 Å². The predicted octanol–water partition coefficient (Wildman–Crippen LogP) is 1.75. The summed E-state index contributed by atoms with van der Waals surface area (Å²) < 4.78 is 40.9. The Morgan fingerprint density at radius 2 is 1.80 bits per heavy atom. The van der Waals surface area contributed by atoms with Crippen LogP contribution in [0.2, 0.25) is 0 Å². The Morgan fingerprint density at radius 3 is 2.53 bits per heavy atom. The Bertz CT molecular complexity index is 1100. The van der Waals surface area contributed by atoms with Crippen molar-refractivity contribution in [2.24, 2.45) is 5.92 Å². The molecule has 154 valence electrons. The van der Waals surface area contributed by atoms with Crippen LogP contribution in [0.25, 0.3) is 5.69 Å². The number of tetrazole rings is 1. The molecule has 1 aliphatic rings. The fraction of sp³-hybridized carbons (Fsp3) is 0.211. The van der Waals surface area contributed by atoms with Gasteiger partial charge in [-0.3, -0.25) is 9.59 Å². The molecule has 1 unspecified atom stereocenters. The third-order valence-corrected chi connectivity index (χ3v) is 4.74. The summed E-state index contributed by atoms with van der Waals surface area (Å²) in [5.74, 6) is -3.49. The molecule has 2 heterocycles. The number of rotatable bonds is 5. The number of amides is 2. The third-order valence-electron chi connectivity index (χ3n) is 4.74. The lowest BCUT2D eigenvalue weighted by Gasteiger charge is -2.16. The summed E-state index contributed by atoms with van der Waals surface area (Å²) in [6.45, 7) is 0.0798. The molecule has 2 aromatic carbocycles. The molecule has 4 rings (SSSR count). The van der Waals surface area contributed by atoms with E-state index < -0.39 is 23.4 Å². The quantitative estimate of drug-likeness (QED) is 0.684. The zero-order valence-electron chi connectivity index (χ0n) is 15.4. The smallest absolute Gasteiger partial charge is 0.227 e. The molecule has 0 spiro atoms. The summed E-state index contributed by atoms with van der Waals surface area (Å²) in [6, 6.07) is 8.63. The van der Waals surface area contributed by atoms with Crippen LogP contribution in [0, 0.1) is 23.4 Å². The van der Waals surface area contributed by atoms with Crippen LogP contribution >= 0.6 is 0 Å². The van der Waals surface area contributed by atoms with Gasteiger partial charge in [0, 0.05) is 24.7 Å². The maximum Gasteiger partial charge on any atom is 0.227 e. The van der Waals surface area contributed by atoms with Gasteiger partial charge >= 0.3 is 0 Å². The first kappa shape index (κ1) is 19.6. The van der Waals surface area contributed by atoms with E-state index in [9.17, 15) is 22.8 Å². The Balaban J connectivity index is 1.41. The maximum absolute atomic E-state index is 13.5. The Hall–Kier alpha value is -3.76. The van der Waals surface area contributed by atoms with E-state index in [2.05, 4.69) is 20.8 Å². The molecule has 1 aromatic heterocycles. The summed E-state index contributed by atoms with van der Waals surface area (Å²) in [5, 5.41) is 13.7. The van der Waals surface area contributed by atoms with Crippen molar-refractivity contribution >= 4 is 17.5 Å². The Labute approximate surface area is 168 Å². The molecule has 0 aliphatic carbocycles. The maximum atomic E-state index is 13.5. The second-order valence-corrected chi connectivity index (χ2v) is 6.70. The highest BCUT2D eigenvalue weighted by Gasteiger charge is 2.35. The van der Waals surface area contributed by atoms with E-state index in [4.69, 9.17) is 0 Å². The highest BCUT2D eigenvalue weighted by molar-refractivity contribution is 6.00. The molecular formula is C19H15F3N6O2. The fourth-order valence-corrected chi connectivity index (χ4v) is 3.20. The van der Waals surface area contributed by atoms with Crippen LogP contribution in [0.3, 0.4) is 0 Å². The van der Waals surface area contributed by atoms with Crippen LogP contribution in [-0.4, -0.2) is 38.6 Å². The van der Waals surface area contributed by atoms with Gasteiger partial charge in [0.25, 0.3) is 0 Å². The Morgan fingerprint density at radius 1 is 1.07 bits per heavy atom. The van der Waals surface area contributed by atoms with Gasteiger partial charge in [0.1, 0.15) is 5.82 Å². The van der Waals surface area contributed by atoms with Crippen LogP contribution in [0.1, 0.15) is 12.2 Å². The van der Waals surface area contributed by atoms with Gasteiger partial charge in [0.2, 0.25) is 11.8 Å². The van der Waals surface area contributed by atoms with Crippen molar-refractivity contribution in [1.29, 1.82) is 0 Å². The lowest BCUT2D eigenvalue weighted by Crippen LogP contribution is -2.33. The van der Waals surface area contributed by atoms with Gasteiger partial charge in [0.15, 0.2) is 17.5 Å². The molecule has 1 atom stereocenters. The molecule has 3 aromatic rings. The molecule has 8 nitrogen and oxygen atoms in total. The first-order chi connectivity index (χ1) is 14.4. The second-order valence-electron chi connectivity index (χ2n) is 6.70. The largest absolute Gasteiger partial charge is 0.348 e. The fourth-order valence-electron chi connectivity index (χ4n) is 3.20. The van der Waals surface area contributed by atoms with Gasteiger partial charge in [0.05, 0.1) is 18.2 Å². The van der Waals surface area contributed by atoms with Gasteiger partial charge in [-0.2, -0.15) is 4.68 Å². The summed E-state index contributed by atoms with van der Waals surface area (Å²) in [7, 11) is 0. The number of hydrogen-bond acceptors (Lipinski definition) is 5. The summed E-state index contributed by atoms with van der Waals surface area (Å²) >= 11 is 0. The first-order valence-electron chi connectivity index (χ1n) is 8.98. The molecule has 0 bridgehead atoms. The minimum absolute atomic E-state index is 0.0112. The molecule has 1 N–H and O–H groups in total. The molecule has 1 saturated heterocycles. The van der Waals surface area contributed by atoms with Crippen LogP contribution in [-0.2, 0) is 16.1 Å². The standard InChI is InChI=1S/C19H15F3N6O2/c20-12-1-3-13(4-2-12)27-10-11(7-18(27)29)19(30)23-9-17-24-25-26-28(17)14-5-6-15(21)16(22)8-14/h1-6,8,11H,7,9-10H2,(H,23,30). The lowest BCUT2D eigenvalue weighted by molar-refractivity contribution is -0.126. The molecule has 1 aliphatic heterocycles. The number of carbonyl (C=O) groups excluding carboxylic acids is 2. The van der Waals surface area contributed by atoms with Gasteiger partial charge in [-0.1, -0.05) is 0 Å². The Kier molecular flexibility index (Phi) is 5.17. The first-order valence-corrected chi connectivity index (χ1v) is 8.98. The SMILES string of the molecule is O=C(NCc1nnnn1-c1ccc(F)c(F)c1)C1CC(=O)N(c2ccc(F)cc2)C1. The van der Waals surface area contributed by atoms with E-state index in [1.165, 1.54) is 39.9 Å². The summed E-state index contributed by atoms with van der Waals surface area (Å²) in [5.41, 5.74) is 0.709. The van der Waals surface area contributed by atoms with Crippen molar-refractivity contribution in [3.05, 3.63) is 65.7 Å². The highest BCUT2D eigenvalue weighted by Crippen LogP contribution is 2.25. The van der Waals surface area contributed by atoms with Crippen molar-refractivity contribution in [2.45, 2.75) is 13.0 Å².